The van der Waals surface area contributed by atoms with Crippen LogP contribution in [0.25, 0.3) is 0 Å². The highest BCUT2D eigenvalue weighted by molar-refractivity contribution is 6.35. The highest BCUT2D eigenvalue weighted by Crippen LogP contribution is 2.42. The number of halogens is 1. The van der Waals surface area contributed by atoms with Gasteiger partial charge in [-0.15, -0.1) is 0 Å². The number of ketones is 1. The molecule has 2 heteroatoms. The number of benzene rings is 3. The molecule has 0 aliphatic heterocycles. The van der Waals surface area contributed by atoms with Gasteiger partial charge in [0, 0.05) is 17.0 Å². The summed E-state index contributed by atoms with van der Waals surface area (Å²) in [4.78, 5) is 12.8. The minimum Gasteiger partial charge on any atom is -0.289 e. The lowest BCUT2D eigenvalue weighted by Gasteiger charge is -2.28. The molecular formula is C20H13ClO. The molecule has 0 heterocycles. The van der Waals surface area contributed by atoms with Gasteiger partial charge in [0.25, 0.3) is 0 Å². The van der Waals surface area contributed by atoms with Crippen LogP contribution in [0.15, 0.2) is 72.8 Å². The summed E-state index contributed by atoms with van der Waals surface area (Å²) in [6.45, 7) is 0. The predicted octanol–water partition coefficient (Wildman–Crippen LogP) is 5.06. The molecule has 4 rings (SSSR count). The number of carbonyl (C=O) groups is 1. The van der Waals surface area contributed by atoms with Crippen molar-refractivity contribution in [2.24, 2.45) is 0 Å². The van der Waals surface area contributed by atoms with Crippen molar-refractivity contribution in [1.82, 2.24) is 0 Å². The molecule has 0 saturated carbocycles. The highest BCUT2D eigenvalue weighted by Gasteiger charge is 2.32. The van der Waals surface area contributed by atoms with Crippen LogP contribution in [-0.4, -0.2) is 5.78 Å². The molecule has 1 aliphatic carbocycles. The molecule has 0 aromatic heterocycles. The summed E-state index contributed by atoms with van der Waals surface area (Å²) >= 11 is 6.34. The molecule has 1 unspecified atom stereocenters. The van der Waals surface area contributed by atoms with E-state index in [1.807, 2.05) is 54.6 Å². The van der Waals surface area contributed by atoms with Gasteiger partial charge in [0.15, 0.2) is 5.78 Å². The summed E-state index contributed by atoms with van der Waals surface area (Å²) in [5, 5.41) is 0.526. The predicted molar refractivity (Wildman–Crippen MR) is 88.7 cm³/mol. The first-order valence-electron chi connectivity index (χ1n) is 7.24. The van der Waals surface area contributed by atoms with Crippen molar-refractivity contribution in [3.63, 3.8) is 0 Å². The molecule has 0 radical (unpaired) electrons. The number of hydrogen-bond acceptors (Lipinski definition) is 1. The quantitative estimate of drug-likeness (QED) is 0.480. The van der Waals surface area contributed by atoms with Gasteiger partial charge in [0.05, 0.1) is 5.02 Å². The number of carbonyl (C=O) groups excluding carboxylic acids is 1. The number of fused-ring (bicyclic) bond motifs is 2. The summed E-state index contributed by atoms with van der Waals surface area (Å²) in [6.07, 6.45) is 0. The standard InChI is InChI=1S/C20H13ClO/c21-17-12-6-11-16-18(13-7-2-1-3-8-13)14-9-4-5-10-15(14)20(22)19(16)17/h1-12,18H. The minimum absolute atomic E-state index is 0.0170. The maximum absolute atomic E-state index is 12.8. The van der Waals surface area contributed by atoms with Crippen LogP contribution in [-0.2, 0) is 0 Å². The van der Waals surface area contributed by atoms with Gasteiger partial charge < -0.3 is 0 Å². The smallest absolute Gasteiger partial charge is 0.195 e. The average Bonchev–Trinajstić information content (AvgIpc) is 2.56. The lowest BCUT2D eigenvalue weighted by atomic mass is 9.74. The van der Waals surface area contributed by atoms with E-state index in [1.165, 1.54) is 5.56 Å². The lowest BCUT2D eigenvalue weighted by Crippen LogP contribution is -2.20. The van der Waals surface area contributed by atoms with Crippen LogP contribution in [0.1, 0.15) is 38.5 Å². The summed E-state index contributed by atoms with van der Waals surface area (Å²) in [5.74, 6) is 0.0622. The third-order valence-corrected chi connectivity index (χ3v) is 4.55. The first-order valence-corrected chi connectivity index (χ1v) is 7.62. The van der Waals surface area contributed by atoms with E-state index in [2.05, 4.69) is 12.1 Å². The zero-order valence-corrected chi connectivity index (χ0v) is 12.5. The first kappa shape index (κ1) is 13.3. The fourth-order valence-corrected chi connectivity index (χ4v) is 3.55. The maximum atomic E-state index is 12.8. The Hall–Kier alpha value is -2.38. The second-order valence-electron chi connectivity index (χ2n) is 5.46. The zero-order valence-electron chi connectivity index (χ0n) is 11.8. The minimum atomic E-state index is 0.0170. The Morgan fingerprint density at radius 3 is 2.23 bits per heavy atom. The largest absolute Gasteiger partial charge is 0.289 e. The summed E-state index contributed by atoms with van der Waals surface area (Å²) < 4.78 is 0. The van der Waals surface area contributed by atoms with Gasteiger partial charge in [-0.1, -0.05) is 78.3 Å². The SMILES string of the molecule is O=C1c2ccccc2C(c2ccccc2)c2cccc(Cl)c21. The highest BCUT2D eigenvalue weighted by atomic mass is 35.5. The van der Waals surface area contributed by atoms with E-state index in [4.69, 9.17) is 11.6 Å². The Morgan fingerprint density at radius 1 is 0.727 bits per heavy atom. The fraction of sp³-hybridized carbons (Fsp3) is 0.0500. The van der Waals surface area contributed by atoms with Crippen molar-refractivity contribution in [2.45, 2.75) is 5.92 Å². The normalized spacial score (nSPS) is 16.0. The van der Waals surface area contributed by atoms with Crippen molar-refractivity contribution < 1.29 is 4.79 Å². The van der Waals surface area contributed by atoms with Crippen LogP contribution in [0, 0.1) is 0 Å². The zero-order chi connectivity index (χ0) is 15.1. The molecule has 0 fully saturated rings. The van der Waals surface area contributed by atoms with Crippen LogP contribution in [0.2, 0.25) is 5.02 Å². The monoisotopic (exact) mass is 304 g/mol. The molecule has 1 nitrogen and oxygen atoms in total. The molecule has 3 aromatic rings. The summed E-state index contributed by atoms with van der Waals surface area (Å²) in [7, 11) is 0. The van der Waals surface area contributed by atoms with Crippen LogP contribution >= 0.6 is 11.6 Å². The van der Waals surface area contributed by atoms with E-state index in [-0.39, 0.29) is 11.7 Å². The Kier molecular flexibility index (Phi) is 3.09. The van der Waals surface area contributed by atoms with Gasteiger partial charge in [0.1, 0.15) is 0 Å². The van der Waals surface area contributed by atoms with Gasteiger partial charge in [-0.25, -0.2) is 0 Å². The summed E-state index contributed by atoms with van der Waals surface area (Å²) in [5.41, 5.74) is 4.59. The molecule has 0 saturated heterocycles. The molecule has 0 spiro atoms. The third kappa shape index (κ3) is 1.90. The van der Waals surface area contributed by atoms with E-state index >= 15 is 0 Å². The van der Waals surface area contributed by atoms with Gasteiger partial charge in [0.2, 0.25) is 0 Å². The Bertz CT molecular complexity index is 868. The van der Waals surface area contributed by atoms with Crippen LogP contribution in [0.4, 0.5) is 0 Å². The van der Waals surface area contributed by atoms with Crippen molar-refractivity contribution >= 4 is 17.4 Å². The Morgan fingerprint density at radius 2 is 1.41 bits per heavy atom. The van der Waals surface area contributed by atoms with E-state index < -0.39 is 0 Å². The van der Waals surface area contributed by atoms with Gasteiger partial charge in [-0.3, -0.25) is 4.79 Å². The fourth-order valence-electron chi connectivity index (χ4n) is 3.28. The molecule has 1 atom stereocenters. The molecule has 0 amide bonds. The molecule has 106 valence electrons. The maximum Gasteiger partial charge on any atom is 0.195 e. The molecule has 22 heavy (non-hydrogen) atoms. The number of rotatable bonds is 1. The second-order valence-corrected chi connectivity index (χ2v) is 5.87. The Balaban J connectivity index is 2.06. The van der Waals surface area contributed by atoms with E-state index in [9.17, 15) is 4.79 Å². The topological polar surface area (TPSA) is 17.1 Å². The molecule has 0 N–H and O–H groups in total. The van der Waals surface area contributed by atoms with Gasteiger partial charge in [-0.05, 0) is 22.8 Å². The Labute approximate surface area is 134 Å². The first-order chi connectivity index (χ1) is 10.8. The van der Waals surface area contributed by atoms with E-state index in [1.54, 1.807) is 6.07 Å². The number of hydrogen-bond donors (Lipinski definition) is 0. The van der Waals surface area contributed by atoms with E-state index in [0.29, 0.717) is 10.6 Å². The van der Waals surface area contributed by atoms with Gasteiger partial charge >= 0.3 is 0 Å². The lowest BCUT2D eigenvalue weighted by molar-refractivity contribution is 0.103. The molecule has 3 aromatic carbocycles. The molecule has 0 bridgehead atoms. The van der Waals surface area contributed by atoms with Crippen molar-refractivity contribution in [2.75, 3.05) is 0 Å². The third-order valence-electron chi connectivity index (χ3n) is 4.23. The summed E-state index contributed by atoms with van der Waals surface area (Å²) in [6, 6.07) is 23.8. The molecular weight excluding hydrogens is 292 g/mol. The van der Waals surface area contributed by atoms with Crippen molar-refractivity contribution in [3.8, 4) is 0 Å². The molecule has 1 aliphatic rings. The van der Waals surface area contributed by atoms with Crippen LogP contribution < -0.4 is 0 Å². The second kappa shape index (κ2) is 5.11. The van der Waals surface area contributed by atoms with Gasteiger partial charge in [-0.2, -0.15) is 0 Å². The van der Waals surface area contributed by atoms with Crippen LogP contribution in [0.3, 0.4) is 0 Å². The van der Waals surface area contributed by atoms with E-state index in [0.717, 1.165) is 16.7 Å². The average molecular weight is 305 g/mol. The van der Waals surface area contributed by atoms with Crippen molar-refractivity contribution in [1.29, 1.82) is 0 Å². The van der Waals surface area contributed by atoms with Crippen molar-refractivity contribution in [3.05, 3.63) is 106 Å². The van der Waals surface area contributed by atoms with Crippen LogP contribution in [0.5, 0.6) is 0 Å².